The molecule has 1 rings (SSSR count). The van der Waals surface area contributed by atoms with Gasteiger partial charge in [-0.25, -0.2) is 0 Å². The van der Waals surface area contributed by atoms with E-state index in [0.717, 1.165) is 32.1 Å². The van der Waals surface area contributed by atoms with E-state index in [1.165, 1.54) is 0 Å². The molecule has 94 valence electrons. The van der Waals surface area contributed by atoms with Crippen LogP contribution >= 0.6 is 0 Å². The number of methoxy groups -OCH3 is 1. The maximum absolute atomic E-state index is 11.6. The molecule has 3 unspecified atom stereocenters. The van der Waals surface area contributed by atoms with Gasteiger partial charge in [0.2, 0.25) is 0 Å². The van der Waals surface area contributed by atoms with Crippen molar-refractivity contribution in [3.8, 4) is 0 Å². The number of Topliss-reactive ketones (excluding diaryl/α,β-unsaturated/α-hetero) is 1. The summed E-state index contributed by atoms with van der Waals surface area (Å²) in [6, 6.07) is 0. The molecule has 0 bridgehead atoms. The Morgan fingerprint density at radius 2 is 2.06 bits per heavy atom. The van der Waals surface area contributed by atoms with Gasteiger partial charge in [0.1, 0.15) is 6.61 Å². The summed E-state index contributed by atoms with van der Waals surface area (Å²) in [5, 5.41) is 0. The summed E-state index contributed by atoms with van der Waals surface area (Å²) in [4.78, 5) is 11.6. The van der Waals surface area contributed by atoms with E-state index in [1.54, 1.807) is 7.11 Å². The normalized spacial score (nSPS) is 27.7. The summed E-state index contributed by atoms with van der Waals surface area (Å²) < 4.78 is 11.0. The Morgan fingerprint density at radius 3 is 2.69 bits per heavy atom. The fraction of sp³-hybridized carbons (Fsp3) is 0.923. The predicted molar refractivity (Wildman–Crippen MR) is 63.5 cm³/mol. The summed E-state index contributed by atoms with van der Waals surface area (Å²) in [6.07, 6.45) is 5.69. The van der Waals surface area contributed by atoms with Crippen molar-refractivity contribution in [2.45, 2.75) is 58.2 Å². The molecule has 0 N–H and O–H groups in total. The first-order valence-corrected chi connectivity index (χ1v) is 6.34. The van der Waals surface area contributed by atoms with Gasteiger partial charge in [-0.3, -0.25) is 4.79 Å². The Labute approximate surface area is 98.5 Å². The Hall–Kier alpha value is -0.410. The number of hydrogen-bond donors (Lipinski definition) is 0. The van der Waals surface area contributed by atoms with Gasteiger partial charge in [0, 0.05) is 13.0 Å². The van der Waals surface area contributed by atoms with E-state index in [9.17, 15) is 4.79 Å². The number of carbonyl (C=O) groups excluding carboxylic acids is 1. The molecule has 1 fully saturated rings. The van der Waals surface area contributed by atoms with Gasteiger partial charge in [-0.05, 0) is 32.1 Å². The summed E-state index contributed by atoms with van der Waals surface area (Å²) in [5.74, 6) is 0.351. The van der Waals surface area contributed by atoms with E-state index in [1.807, 2.05) is 13.8 Å². The van der Waals surface area contributed by atoms with Gasteiger partial charge in [0.15, 0.2) is 5.78 Å². The average Bonchev–Trinajstić information content (AvgIpc) is 2.35. The summed E-state index contributed by atoms with van der Waals surface area (Å²) in [7, 11) is 1.75. The zero-order valence-corrected chi connectivity index (χ0v) is 10.7. The smallest absolute Gasteiger partial charge is 0.161 e. The van der Waals surface area contributed by atoms with Crippen LogP contribution in [0.5, 0.6) is 0 Å². The van der Waals surface area contributed by atoms with Crippen LogP contribution in [-0.2, 0) is 14.3 Å². The number of rotatable bonds is 6. The lowest BCUT2D eigenvalue weighted by Crippen LogP contribution is -2.30. The molecule has 3 heteroatoms. The highest BCUT2D eigenvalue weighted by atomic mass is 16.5. The molecule has 1 aliphatic carbocycles. The Morgan fingerprint density at radius 1 is 1.38 bits per heavy atom. The van der Waals surface area contributed by atoms with Crippen LogP contribution in [0.2, 0.25) is 0 Å². The third kappa shape index (κ3) is 4.22. The molecule has 16 heavy (non-hydrogen) atoms. The molecular weight excluding hydrogens is 204 g/mol. The van der Waals surface area contributed by atoms with Crippen molar-refractivity contribution < 1.29 is 14.3 Å². The molecule has 0 amide bonds. The highest BCUT2D eigenvalue weighted by molar-refractivity contribution is 5.81. The van der Waals surface area contributed by atoms with Crippen molar-refractivity contribution in [1.82, 2.24) is 0 Å². The average molecular weight is 228 g/mol. The predicted octanol–water partition coefficient (Wildman–Crippen LogP) is 2.58. The second-order valence-corrected chi connectivity index (χ2v) is 4.73. The van der Waals surface area contributed by atoms with Crippen LogP contribution in [0.3, 0.4) is 0 Å². The fourth-order valence-electron chi connectivity index (χ4n) is 2.04. The second kappa shape index (κ2) is 7.02. The molecule has 0 heterocycles. The molecule has 0 aromatic carbocycles. The second-order valence-electron chi connectivity index (χ2n) is 4.73. The molecule has 0 aliphatic heterocycles. The molecule has 0 saturated heterocycles. The molecule has 1 aliphatic rings. The third-order valence-corrected chi connectivity index (χ3v) is 3.53. The molecule has 0 radical (unpaired) electrons. The highest BCUT2D eigenvalue weighted by Gasteiger charge is 2.23. The van der Waals surface area contributed by atoms with Crippen molar-refractivity contribution in [3.63, 3.8) is 0 Å². The quantitative estimate of drug-likeness (QED) is 0.701. The Balaban J connectivity index is 2.24. The lowest BCUT2D eigenvalue weighted by molar-refractivity contribution is -0.131. The van der Waals surface area contributed by atoms with Gasteiger partial charge in [-0.15, -0.1) is 0 Å². The van der Waals surface area contributed by atoms with Crippen molar-refractivity contribution in [2.24, 2.45) is 5.92 Å². The third-order valence-electron chi connectivity index (χ3n) is 3.53. The minimum Gasteiger partial charge on any atom is -0.381 e. The number of carbonyl (C=O) groups is 1. The van der Waals surface area contributed by atoms with E-state index in [-0.39, 0.29) is 24.4 Å². The van der Waals surface area contributed by atoms with Gasteiger partial charge in [0.05, 0.1) is 12.2 Å². The van der Waals surface area contributed by atoms with Crippen molar-refractivity contribution in [3.05, 3.63) is 0 Å². The lowest BCUT2D eigenvalue weighted by Gasteiger charge is -2.28. The van der Waals surface area contributed by atoms with Gasteiger partial charge >= 0.3 is 0 Å². The molecule has 3 atom stereocenters. The van der Waals surface area contributed by atoms with Crippen LogP contribution in [0.1, 0.15) is 46.0 Å². The van der Waals surface area contributed by atoms with E-state index >= 15 is 0 Å². The summed E-state index contributed by atoms with van der Waals surface area (Å²) >= 11 is 0. The SMILES string of the molecule is CCC(C)C(=O)COC1CCCC(OC)C1. The van der Waals surface area contributed by atoms with Crippen molar-refractivity contribution in [2.75, 3.05) is 13.7 Å². The molecule has 0 aromatic rings. The zero-order chi connectivity index (χ0) is 12.0. The standard InChI is InChI=1S/C13H24O3/c1-4-10(2)13(14)9-16-12-7-5-6-11(8-12)15-3/h10-12H,4-9H2,1-3H3. The first-order chi connectivity index (χ1) is 7.67. The molecule has 3 nitrogen and oxygen atoms in total. The van der Waals surface area contributed by atoms with Crippen LogP contribution in [0, 0.1) is 5.92 Å². The van der Waals surface area contributed by atoms with Gasteiger partial charge < -0.3 is 9.47 Å². The topological polar surface area (TPSA) is 35.5 Å². The number of hydrogen-bond acceptors (Lipinski definition) is 3. The van der Waals surface area contributed by atoms with Crippen LogP contribution in [0.25, 0.3) is 0 Å². The zero-order valence-electron chi connectivity index (χ0n) is 10.7. The van der Waals surface area contributed by atoms with Crippen LogP contribution in [0.4, 0.5) is 0 Å². The maximum atomic E-state index is 11.6. The first-order valence-electron chi connectivity index (χ1n) is 6.34. The molecule has 1 saturated carbocycles. The van der Waals surface area contributed by atoms with E-state index in [2.05, 4.69) is 0 Å². The molecular formula is C13H24O3. The maximum Gasteiger partial charge on any atom is 0.161 e. The molecule has 0 aromatic heterocycles. The van der Waals surface area contributed by atoms with E-state index in [4.69, 9.17) is 9.47 Å². The summed E-state index contributed by atoms with van der Waals surface area (Å²) in [5.41, 5.74) is 0. The highest BCUT2D eigenvalue weighted by Crippen LogP contribution is 2.23. The van der Waals surface area contributed by atoms with Gasteiger partial charge in [0.25, 0.3) is 0 Å². The lowest BCUT2D eigenvalue weighted by atomic mass is 9.95. The van der Waals surface area contributed by atoms with Gasteiger partial charge in [-0.1, -0.05) is 13.8 Å². The molecule has 0 spiro atoms. The summed E-state index contributed by atoms with van der Waals surface area (Å²) in [6.45, 7) is 4.27. The fourth-order valence-corrected chi connectivity index (χ4v) is 2.04. The first kappa shape index (κ1) is 13.7. The minimum atomic E-state index is 0.127. The minimum absolute atomic E-state index is 0.127. The Bertz CT molecular complexity index is 215. The van der Waals surface area contributed by atoms with E-state index < -0.39 is 0 Å². The monoisotopic (exact) mass is 228 g/mol. The van der Waals surface area contributed by atoms with Crippen LogP contribution in [0.15, 0.2) is 0 Å². The number of ketones is 1. The van der Waals surface area contributed by atoms with Gasteiger partial charge in [-0.2, -0.15) is 0 Å². The van der Waals surface area contributed by atoms with Crippen LogP contribution in [-0.4, -0.2) is 31.7 Å². The Kier molecular flexibility index (Phi) is 5.99. The van der Waals surface area contributed by atoms with Crippen molar-refractivity contribution in [1.29, 1.82) is 0 Å². The van der Waals surface area contributed by atoms with Crippen LogP contribution < -0.4 is 0 Å². The number of ether oxygens (including phenoxy) is 2. The van der Waals surface area contributed by atoms with E-state index in [0.29, 0.717) is 6.10 Å². The van der Waals surface area contributed by atoms with Crippen molar-refractivity contribution >= 4 is 5.78 Å². The largest absolute Gasteiger partial charge is 0.381 e.